The smallest absolute Gasteiger partial charge is 0.0729 e. The summed E-state index contributed by atoms with van der Waals surface area (Å²) in [6.07, 6.45) is 5.13. The van der Waals surface area contributed by atoms with Crippen LogP contribution in [-0.4, -0.2) is 47.5 Å². The molecule has 1 aliphatic heterocycles. The van der Waals surface area contributed by atoms with E-state index in [9.17, 15) is 0 Å². The second-order valence-electron chi connectivity index (χ2n) is 6.20. The molecule has 3 rings (SSSR count). The van der Waals surface area contributed by atoms with Crippen LogP contribution < -0.4 is 5.32 Å². The molecule has 1 fully saturated rings. The number of likely N-dealkylation sites (tertiary alicyclic amines) is 1. The third kappa shape index (κ3) is 4.12. The minimum Gasteiger partial charge on any atom is -0.383 e. The number of rotatable bonds is 7. The van der Waals surface area contributed by atoms with E-state index in [1.54, 1.807) is 7.11 Å². The van der Waals surface area contributed by atoms with Crippen LogP contribution in [0.15, 0.2) is 42.7 Å². The van der Waals surface area contributed by atoms with E-state index in [0.717, 1.165) is 25.3 Å². The zero-order valence-electron chi connectivity index (χ0n) is 14.0. The standard InChI is InChI=1S/C18H26N4O/c1-15(16-6-4-3-5-7-16)21-9-8-17(13-21)20-18-12-19-22(14-18)10-11-23-2/h3-7,12,14-15,17,20H,8-11,13H2,1-2H3/t15-,17-/m1/s1. The fraction of sp³-hybridized carbons (Fsp3) is 0.500. The first-order valence-corrected chi connectivity index (χ1v) is 8.33. The SMILES string of the molecule is COCCn1cc(N[C@@H]2CCN([C@H](C)c3ccccc3)C2)cn1. The molecule has 1 aromatic carbocycles. The van der Waals surface area contributed by atoms with E-state index in [0.29, 0.717) is 18.7 Å². The normalized spacial score (nSPS) is 19.8. The first-order chi connectivity index (χ1) is 11.3. The van der Waals surface area contributed by atoms with Crippen LogP contribution in [0.5, 0.6) is 0 Å². The predicted molar refractivity (Wildman–Crippen MR) is 92.6 cm³/mol. The molecule has 124 valence electrons. The molecule has 5 nitrogen and oxygen atoms in total. The summed E-state index contributed by atoms with van der Waals surface area (Å²) in [4.78, 5) is 2.54. The first-order valence-electron chi connectivity index (χ1n) is 8.33. The predicted octanol–water partition coefficient (Wildman–Crippen LogP) is 2.78. The molecule has 0 spiro atoms. The van der Waals surface area contributed by atoms with Crippen molar-refractivity contribution in [2.75, 3.05) is 32.1 Å². The molecule has 0 bridgehead atoms. The summed E-state index contributed by atoms with van der Waals surface area (Å²) in [7, 11) is 1.71. The van der Waals surface area contributed by atoms with Crippen LogP contribution in [0.2, 0.25) is 0 Å². The Hall–Kier alpha value is -1.85. The van der Waals surface area contributed by atoms with E-state index in [1.807, 2.05) is 10.9 Å². The Kier molecular flexibility index (Phi) is 5.31. The van der Waals surface area contributed by atoms with Gasteiger partial charge in [-0.05, 0) is 18.9 Å². The number of ether oxygens (including phenoxy) is 1. The van der Waals surface area contributed by atoms with Crippen molar-refractivity contribution in [3.05, 3.63) is 48.3 Å². The summed E-state index contributed by atoms with van der Waals surface area (Å²) in [5.74, 6) is 0. The Balaban J connectivity index is 1.52. The van der Waals surface area contributed by atoms with Crippen LogP contribution >= 0.6 is 0 Å². The van der Waals surface area contributed by atoms with Gasteiger partial charge in [0.1, 0.15) is 0 Å². The maximum atomic E-state index is 5.08. The number of hydrogen-bond acceptors (Lipinski definition) is 4. The van der Waals surface area contributed by atoms with Crippen LogP contribution in [-0.2, 0) is 11.3 Å². The third-order valence-corrected chi connectivity index (χ3v) is 4.58. The van der Waals surface area contributed by atoms with Crippen LogP contribution in [0.4, 0.5) is 5.69 Å². The Labute approximate surface area is 138 Å². The molecule has 23 heavy (non-hydrogen) atoms. The molecule has 0 saturated carbocycles. The molecule has 2 heterocycles. The molecule has 1 aliphatic rings. The minimum absolute atomic E-state index is 0.465. The zero-order valence-corrected chi connectivity index (χ0v) is 14.0. The summed E-state index contributed by atoms with van der Waals surface area (Å²) in [6.45, 7) is 5.97. The van der Waals surface area contributed by atoms with Crippen molar-refractivity contribution < 1.29 is 4.74 Å². The second-order valence-corrected chi connectivity index (χ2v) is 6.20. The Morgan fingerprint density at radius 2 is 2.17 bits per heavy atom. The van der Waals surface area contributed by atoms with Gasteiger partial charge in [-0.15, -0.1) is 0 Å². The van der Waals surface area contributed by atoms with Gasteiger partial charge in [0.25, 0.3) is 0 Å². The van der Waals surface area contributed by atoms with Crippen molar-refractivity contribution in [3.63, 3.8) is 0 Å². The van der Waals surface area contributed by atoms with Crippen molar-refractivity contribution in [3.8, 4) is 0 Å². The molecule has 1 aromatic heterocycles. The van der Waals surface area contributed by atoms with E-state index in [-0.39, 0.29) is 0 Å². The number of methoxy groups -OCH3 is 1. The van der Waals surface area contributed by atoms with Gasteiger partial charge in [-0.2, -0.15) is 5.10 Å². The maximum Gasteiger partial charge on any atom is 0.0729 e. The van der Waals surface area contributed by atoms with E-state index in [4.69, 9.17) is 4.74 Å². The number of nitrogens with one attached hydrogen (secondary N) is 1. The number of anilines is 1. The Bertz CT molecular complexity index is 598. The third-order valence-electron chi connectivity index (χ3n) is 4.58. The van der Waals surface area contributed by atoms with Crippen molar-refractivity contribution in [2.45, 2.75) is 32.0 Å². The fourth-order valence-electron chi connectivity index (χ4n) is 3.18. The van der Waals surface area contributed by atoms with E-state index in [2.05, 4.69) is 58.8 Å². The minimum atomic E-state index is 0.465. The second kappa shape index (κ2) is 7.62. The summed E-state index contributed by atoms with van der Waals surface area (Å²) in [5, 5.41) is 7.97. The molecule has 0 radical (unpaired) electrons. The largest absolute Gasteiger partial charge is 0.383 e. The quantitative estimate of drug-likeness (QED) is 0.853. The molecular formula is C18H26N4O. The zero-order chi connectivity index (χ0) is 16.1. The molecule has 1 N–H and O–H groups in total. The van der Waals surface area contributed by atoms with Gasteiger partial charge in [0.05, 0.1) is 25.0 Å². The lowest BCUT2D eigenvalue weighted by Crippen LogP contribution is -2.28. The number of aromatic nitrogens is 2. The monoisotopic (exact) mass is 314 g/mol. The summed E-state index contributed by atoms with van der Waals surface area (Å²) in [5.41, 5.74) is 2.49. The van der Waals surface area contributed by atoms with Crippen molar-refractivity contribution in [2.24, 2.45) is 0 Å². The van der Waals surface area contributed by atoms with Crippen molar-refractivity contribution in [1.82, 2.24) is 14.7 Å². The highest BCUT2D eigenvalue weighted by atomic mass is 16.5. The van der Waals surface area contributed by atoms with Gasteiger partial charge in [0.2, 0.25) is 0 Å². The highest BCUT2D eigenvalue weighted by Crippen LogP contribution is 2.25. The molecule has 0 amide bonds. The lowest BCUT2D eigenvalue weighted by atomic mass is 10.1. The van der Waals surface area contributed by atoms with Gasteiger partial charge in [-0.1, -0.05) is 30.3 Å². The van der Waals surface area contributed by atoms with Gasteiger partial charge in [0.15, 0.2) is 0 Å². The maximum absolute atomic E-state index is 5.08. The fourth-order valence-corrected chi connectivity index (χ4v) is 3.18. The Morgan fingerprint density at radius 3 is 2.96 bits per heavy atom. The first kappa shape index (κ1) is 16.0. The van der Waals surface area contributed by atoms with Gasteiger partial charge < -0.3 is 10.1 Å². The number of hydrogen-bond donors (Lipinski definition) is 1. The Morgan fingerprint density at radius 1 is 1.35 bits per heavy atom. The van der Waals surface area contributed by atoms with Gasteiger partial charge >= 0.3 is 0 Å². The van der Waals surface area contributed by atoms with E-state index >= 15 is 0 Å². The van der Waals surface area contributed by atoms with Crippen LogP contribution in [0, 0.1) is 0 Å². The molecular weight excluding hydrogens is 288 g/mol. The molecule has 2 atom stereocenters. The summed E-state index contributed by atoms with van der Waals surface area (Å²) >= 11 is 0. The number of benzene rings is 1. The highest BCUT2D eigenvalue weighted by molar-refractivity contribution is 5.39. The molecule has 5 heteroatoms. The molecule has 0 unspecified atom stereocenters. The average molecular weight is 314 g/mol. The van der Waals surface area contributed by atoms with Crippen LogP contribution in [0.3, 0.4) is 0 Å². The van der Waals surface area contributed by atoms with Gasteiger partial charge in [-0.3, -0.25) is 9.58 Å². The van der Waals surface area contributed by atoms with Gasteiger partial charge in [0, 0.05) is 38.5 Å². The lowest BCUT2D eigenvalue weighted by molar-refractivity contribution is 0.183. The summed E-state index contributed by atoms with van der Waals surface area (Å²) < 4.78 is 7.00. The average Bonchev–Trinajstić information content (AvgIpc) is 3.23. The van der Waals surface area contributed by atoms with Crippen molar-refractivity contribution >= 4 is 5.69 Å². The molecule has 0 aliphatic carbocycles. The van der Waals surface area contributed by atoms with E-state index in [1.165, 1.54) is 12.0 Å². The highest BCUT2D eigenvalue weighted by Gasteiger charge is 2.26. The van der Waals surface area contributed by atoms with Gasteiger partial charge in [-0.25, -0.2) is 0 Å². The topological polar surface area (TPSA) is 42.3 Å². The van der Waals surface area contributed by atoms with E-state index < -0.39 is 0 Å². The van der Waals surface area contributed by atoms with Crippen LogP contribution in [0.25, 0.3) is 0 Å². The summed E-state index contributed by atoms with van der Waals surface area (Å²) in [6, 6.07) is 11.7. The lowest BCUT2D eigenvalue weighted by Gasteiger charge is -2.24. The molecule has 1 saturated heterocycles. The van der Waals surface area contributed by atoms with Crippen LogP contribution in [0.1, 0.15) is 24.9 Å². The molecule has 2 aromatic rings. The number of nitrogens with zero attached hydrogens (tertiary/aromatic N) is 3. The van der Waals surface area contributed by atoms with Crippen molar-refractivity contribution in [1.29, 1.82) is 0 Å².